The van der Waals surface area contributed by atoms with E-state index < -0.39 is 0 Å². The summed E-state index contributed by atoms with van der Waals surface area (Å²) < 4.78 is 0. The maximum atomic E-state index is 3.41. The van der Waals surface area contributed by atoms with E-state index in [1.807, 2.05) is 12.2 Å². The molecule has 0 heterocycles. The molecular weight excluding hydrogens is 300 g/mol. The fraction of sp³-hybridized carbons (Fsp3) is 0.520. The maximum absolute atomic E-state index is 3.41. The van der Waals surface area contributed by atoms with Crippen molar-refractivity contribution in [3.63, 3.8) is 0 Å². The van der Waals surface area contributed by atoms with Gasteiger partial charge >= 0.3 is 0 Å². The fourth-order valence-electron chi connectivity index (χ4n) is 3.51. The van der Waals surface area contributed by atoms with Crippen LogP contribution in [0.3, 0.4) is 0 Å². The monoisotopic (exact) mass is 332 g/mol. The minimum Gasteiger partial charge on any atom is -0.0951 e. The molecule has 0 aromatic heterocycles. The number of unbranched alkanes of at least 4 members (excludes halogenated alkanes) is 1. The van der Waals surface area contributed by atoms with Crippen molar-refractivity contribution in [2.75, 3.05) is 0 Å². The van der Waals surface area contributed by atoms with Crippen LogP contribution >= 0.6 is 0 Å². The van der Waals surface area contributed by atoms with E-state index in [1.165, 1.54) is 63.4 Å². The summed E-state index contributed by atoms with van der Waals surface area (Å²) in [5.74, 6) is 14.4. The quantitative estimate of drug-likeness (QED) is 0.536. The summed E-state index contributed by atoms with van der Waals surface area (Å²) in [6.07, 6.45) is 15.5. The predicted molar refractivity (Wildman–Crippen MR) is 109 cm³/mol. The lowest BCUT2D eigenvalue weighted by atomic mass is 9.80. The number of hydrogen-bond acceptors (Lipinski definition) is 0. The molecule has 0 N–H and O–H groups in total. The van der Waals surface area contributed by atoms with E-state index >= 15 is 0 Å². The molecule has 0 amide bonds. The van der Waals surface area contributed by atoms with Gasteiger partial charge in [0.05, 0.1) is 0 Å². The van der Waals surface area contributed by atoms with Gasteiger partial charge in [0.15, 0.2) is 0 Å². The van der Waals surface area contributed by atoms with Gasteiger partial charge < -0.3 is 0 Å². The van der Waals surface area contributed by atoms with E-state index in [-0.39, 0.29) is 0 Å². The summed E-state index contributed by atoms with van der Waals surface area (Å²) in [5, 5.41) is 0. The van der Waals surface area contributed by atoms with E-state index in [2.05, 4.69) is 61.8 Å². The second kappa shape index (κ2) is 11.6. The molecule has 0 atom stereocenters. The third-order valence-electron chi connectivity index (χ3n) is 5.07. The number of benzene rings is 1. The van der Waals surface area contributed by atoms with Gasteiger partial charge in [0.1, 0.15) is 0 Å². The Morgan fingerprint density at radius 1 is 0.920 bits per heavy atom. The highest BCUT2D eigenvalue weighted by atomic mass is 14.2. The van der Waals surface area contributed by atoms with Crippen molar-refractivity contribution in [2.45, 2.75) is 71.6 Å². The van der Waals surface area contributed by atoms with Gasteiger partial charge in [-0.1, -0.05) is 68.9 Å². The van der Waals surface area contributed by atoms with Crippen LogP contribution < -0.4 is 0 Å². The number of aryl methyl sites for hydroxylation is 1. The summed E-state index contributed by atoms with van der Waals surface area (Å²) >= 11 is 0. The minimum absolute atomic E-state index is 0.599. The SMILES string of the molecule is CCCCc1ccc(C#CC=CC#CC2CCC(CCC)CC2)cc1. The maximum Gasteiger partial charge on any atom is 0.0249 e. The first kappa shape index (κ1) is 19.4. The van der Waals surface area contributed by atoms with Crippen molar-refractivity contribution >= 4 is 0 Å². The molecular formula is C25H32. The number of allylic oxidation sites excluding steroid dienone is 2. The van der Waals surface area contributed by atoms with Gasteiger partial charge in [-0.05, 0) is 74.3 Å². The van der Waals surface area contributed by atoms with Crippen LogP contribution in [0.4, 0.5) is 0 Å². The molecule has 1 fully saturated rings. The standard InChI is InChI=1S/C25H32/c1-3-5-11-23-18-20-25(21-19-23)13-9-7-6-8-12-24-16-14-22(10-4-2)15-17-24/h6-7,18-22,24H,3-5,10-11,14-17H2,1-2H3. The number of hydrogen-bond donors (Lipinski definition) is 0. The molecule has 0 radical (unpaired) electrons. The van der Waals surface area contributed by atoms with Crippen molar-refractivity contribution in [3.05, 3.63) is 47.5 Å². The van der Waals surface area contributed by atoms with Crippen LogP contribution in [0.1, 0.15) is 76.3 Å². The van der Waals surface area contributed by atoms with Crippen molar-refractivity contribution < 1.29 is 0 Å². The number of rotatable bonds is 5. The Labute approximate surface area is 155 Å². The van der Waals surface area contributed by atoms with Crippen LogP contribution in [-0.2, 0) is 6.42 Å². The van der Waals surface area contributed by atoms with E-state index in [0.717, 1.165) is 11.5 Å². The first-order chi connectivity index (χ1) is 12.3. The molecule has 0 unspecified atom stereocenters. The molecule has 1 saturated carbocycles. The second-order valence-corrected chi connectivity index (χ2v) is 7.20. The molecule has 0 nitrogen and oxygen atoms in total. The summed E-state index contributed by atoms with van der Waals surface area (Å²) in [6, 6.07) is 8.62. The van der Waals surface area contributed by atoms with Gasteiger partial charge in [-0.2, -0.15) is 0 Å². The van der Waals surface area contributed by atoms with Crippen LogP contribution in [-0.4, -0.2) is 0 Å². The van der Waals surface area contributed by atoms with Gasteiger partial charge in [-0.3, -0.25) is 0 Å². The fourth-order valence-corrected chi connectivity index (χ4v) is 3.51. The van der Waals surface area contributed by atoms with Gasteiger partial charge in [0, 0.05) is 11.5 Å². The Morgan fingerprint density at radius 3 is 2.32 bits per heavy atom. The van der Waals surface area contributed by atoms with Gasteiger partial charge in [-0.25, -0.2) is 0 Å². The summed E-state index contributed by atoms with van der Waals surface area (Å²) in [7, 11) is 0. The molecule has 2 rings (SSSR count). The Bertz CT molecular complexity index is 631. The van der Waals surface area contributed by atoms with Gasteiger partial charge in [0.25, 0.3) is 0 Å². The van der Waals surface area contributed by atoms with Crippen LogP contribution in [0, 0.1) is 35.5 Å². The molecule has 1 aliphatic rings. The minimum atomic E-state index is 0.599. The summed E-state index contributed by atoms with van der Waals surface area (Å²) in [5.41, 5.74) is 2.48. The largest absolute Gasteiger partial charge is 0.0951 e. The van der Waals surface area contributed by atoms with E-state index in [1.54, 1.807) is 0 Å². The van der Waals surface area contributed by atoms with Crippen LogP contribution in [0.2, 0.25) is 0 Å². The zero-order valence-corrected chi connectivity index (χ0v) is 16.0. The third-order valence-corrected chi connectivity index (χ3v) is 5.07. The van der Waals surface area contributed by atoms with Gasteiger partial charge in [-0.15, -0.1) is 0 Å². The average molecular weight is 333 g/mol. The highest BCUT2D eigenvalue weighted by Crippen LogP contribution is 2.30. The summed E-state index contributed by atoms with van der Waals surface area (Å²) in [4.78, 5) is 0. The Morgan fingerprint density at radius 2 is 1.64 bits per heavy atom. The van der Waals surface area contributed by atoms with E-state index in [0.29, 0.717) is 5.92 Å². The van der Waals surface area contributed by atoms with E-state index in [9.17, 15) is 0 Å². The van der Waals surface area contributed by atoms with Crippen molar-refractivity contribution in [2.24, 2.45) is 11.8 Å². The Balaban J connectivity index is 1.74. The zero-order chi connectivity index (χ0) is 17.7. The normalized spacial score (nSPS) is 19.8. The predicted octanol–water partition coefficient (Wildman–Crippen LogP) is 6.55. The van der Waals surface area contributed by atoms with Crippen LogP contribution in [0.15, 0.2) is 36.4 Å². The van der Waals surface area contributed by atoms with Crippen LogP contribution in [0.5, 0.6) is 0 Å². The zero-order valence-electron chi connectivity index (χ0n) is 16.0. The Kier molecular flexibility index (Phi) is 9.01. The molecule has 1 aliphatic carbocycles. The molecule has 0 bridgehead atoms. The lowest BCUT2D eigenvalue weighted by Crippen LogP contribution is -2.12. The van der Waals surface area contributed by atoms with Crippen molar-refractivity contribution in [1.82, 2.24) is 0 Å². The average Bonchev–Trinajstić information content (AvgIpc) is 2.65. The van der Waals surface area contributed by atoms with Gasteiger partial charge in [0.2, 0.25) is 0 Å². The molecule has 1 aromatic carbocycles. The smallest absolute Gasteiger partial charge is 0.0249 e. The van der Waals surface area contributed by atoms with Crippen LogP contribution in [0.25, 0.3) is 0 Å². The van der Waals surface area contributed by atoms with Crippen molar-refractivity contribution in [1.29, 1.82) is 0 Å². The highest BCUT2D eigenvalue weighted by molar-refractivity contribution is 5.39. The first-order valence-corrected chi connectivity index (χ1v) is 10.1. The molecule has 1 aromatic rings. The third kappa shape index (κ3) is 7.67. The lowest BCUT2D eigenvalue weighted by Gasteiger charge is -2.25. The summed E-state index contributed by atoms with van der Waals surface area (Å²) in [6.45, 7) is 4.52. The Hall–Kier alpha value is -1.92. The molecule has 0 aliphatic heterocycles. The molecule has 0 heteroatoms. The molecule has 132 valence electrons. The second-order valence-electron chi connectivity index (χ2n) is 7.20. The highest BCUT2D eigenvalue weighted by Gasteiger charge is 2.18. The molecule has 25 heavy (non-hydrogen) atoms. The van der Waals surface area contributed by atoms with E-state index in [4.69, 9.17) is 0 Å². The lowest BCUT2D eigenvalue weighted by molar-refractivity contribution is 0.300. The topological polar surface area (TPSA) is 0 Å². The molecule has 0 saturated heterocycles. The molecule has 0 spiro atoms. The van der Waals surface area contributed by atoms with Crippen molar-refractivity contribution in [3.8, 4) is 23.7 Å². The first-order valence-electron chi connectivity index (χ1n) is 10.1.